The maximum absolute atomic E-state index is 6.28. The Morgan fingerprint density at radius 2 is 1.78 bits per heavy atom. The fraction of sp³-hybridized carbons (Fsp3) is 0.368. The molecular formula is C19H22Cl2N2. The summed E-state index contributed by atoms with van der Waals surface area (Å²) in [4.78, 5) is 2.54. The maximum atomic E-state index is 6.28. The highest BCUT2D eigenvalue weighted by Crippen LogP contribution is 2.33. The van der Waals surface area contributed by atoms with Crippen LogP contribution < -0.4 is 5.32 Å². The van der Waals surface area contributed by atoms with Crippen LogP contribution >= 0.6 is 23.2 Å². The smallest absolute Gasteiger partial charge is 0.0602 e. The van der Waals surface area contributed by atoms with Crippen LogP contribution in [0.5, 0.6) is 0 Å². The number of rotatable bonds is 3. The van der Waals surface area contributed by atoms with Gasteiger partial charge in [-0.1, -0.05) is 59.1 Å². The van der Waals surface area contributed by atoms with E-state index in [9.17, 15) is 0 Å². The Morgan fingerprint density at radius 1 is 0.957 bits per heavy atom. The lowest BCUT2D eigenvalue weighted by Crippen LogP contribution is -2.33. The van der Waals surface area contributed by atoms with Gasteiger partial charge in [-0.2, -0.15) is 0 Å². The molecule has 122 valence electrons. The van der Waals surface area contributed by atoms with Gasteiger partial charge in [0.2, 0.25) is 0 Å². The van der Waals surface area contributed by atoms with Crippen LogP contribution in [0.2, 0.25) is 10.0 Å². The minimum atomic E-state index is 0.213. The highest BCUT2D eigenvalue weighted by molar-refractivity contribution is 6.42. The van der Waals surface area contributed by atoms with Crippen LogP contribution in [-0.2, 0) is 0 Å². The molecule has 1 N–H and O–H groups in total. The summed E-state index contributed by atoms with van der Waals surface area (Å²) in [5, 5.41) is 4.71. The van der Waals surface area contributed by atoms with Gasteiger partial charge in [-0.05, 0) is 43.1 Å². The van der Waals surface area contributed by atoms with Crippen molar-refractivity contribution < 1.29 is 0 Å². The van der Waals surface area contributed by atoms with Gasteiger partial charge in [-0.25, -0.2) is 0 Å². The molecule has 0 bridgehead atoms. The predicted molar refractivity (Wildman–Crippen MR) is 98.5 cm³/mol. The maximum Gasteiger partial charge on any atom is 0.0602 e. The summed E-state index contributed by atoms with van der Waals surface area (Å²) in [6.07, 6.45) is 1.16. The number of nitrogens with zero attached hydrogens (tertiary/aromatic N) is 1. The monoisotopic (exact) mass is 348 g/mol. The summed E-state index contributed by atoms with van der Waals surface area (Å²) in [5.74, 6) is 0. The van der Waals surface area contributed by atoms with Crippen LogP contribution in [0.4, 0.5) is 0 Å². The molecule has 1 atom stereocenters. The highest BCUT2D eigenvalue weighted by atomic mass is 35.5. The summed E-state index contributed by atoms with van der Waals surface area (Å²) in [6, 6.07) is 15.0. The minimum absolute atomic E-state index is 0.213. The molecule has 2 aromatic carbocycles. The van der Waals surface area contributed by atoms with Crippen LogP contribution in [0.25, 0.3) is 0 Å². The van der Waals surface area contributed by atoms with Crippen molar-refractivity contribution in [3.63, 3.8) is 0 Å². The van der Waals surface area contributed by atoms with Gasteiger partial charge in [0.05, 0.1) is 16.1 Å². The fourth-order valence-electron chi connectivity index (χ4n) is 3.26. The largest absolute Gasteiger partial charge is 0.315 e. The van der Waals surface area contributed by atoms with E-state index in [0.717, 1.165) is 32.6 Å². The average molecular weight is 349 g/mol. The molecule has 2 nitrogen and oxygen atoms in total. The number of benzene rings is 2. The lowest BCUT2D eigenvalue weighted by atomic mass is 9.95. The van der Waals surface area contributed by atoms with E-state index >= 15 is 0 Å². The summed E-state index contributed by atoms with van der Waals surface area (Å²) in [6.45, 7) is 6.34. The SMILES string of the molecule is Cc1cccc(C(c2ccc(Cl)c(Cl)c2)N2CCCNCC2)c1. The van der Waals surface area contributed by atoms with Gasteiger partial charge in [0, 0.05) is 19.6 Å². The molecule has 0 spiro atoms. The molecule has 1 aliphatic heterocycles. The van der Waals surface area contributed by atoms with Crippen molar-refractivity contribution in [1.29, 1.82) is 0 Å². The first-order valence-electron chi connectivity index (χ1n) is 8.11. The molecule has 1 fully saturated rings. The van der Waals surface area contributed by atoms with E-state index in [2.05, 4.69) is 47.5 Å². The van der Waals surface area contributed by atoms with Crippen molar-refractivity contribution >= 4 is 23.2 Å². The molecule has 1 aliphatic rings. The second-order valence-corrected chi connectivity index (χ2v) is 6.94. The van der Waals surface area contributed by atoms with Gasteiger partial charge < -0.3 is 5.32 Å². The number of nitrogens with one attached hydrogen (secondary N) is 1. The van der Waals surface area contributed by atoms with Crippen molar-refractivity contribution in [2.24, 2.45) is 0 Å². The van der Waals surface area contributed by atoms with E-state index in [1.54, 1.807) is 0 Å². The molecule has 0 saturated carbocycles. The Hall–Kier alpha value is -1.06. The van der Waals surface area contributed by atoms with Gasteiger partial charge in [0.15, 0.2) is 0 Å². The Balaban J connectivity index is 2.03. The van der Waals surface area contributed by atoms with Crippen LogP contribution in [0.1, 0.15) is 29.2 Å². The molecule has 0 aliphatic carbocycles. The van der Waals surface area contributed by atoms with E-state index < -0.39 is 0 Å². The molecule has 1 unspecified atom stereocenters. The molecule has 1 saturated heterocycles. The molecule has 0 aromatic heterocycles. The van der Waals surface area contributed by atoms with Gasteiger partial charge in [-0.15, -0.1) is 0 Å². The standard InChI is InChI=1S/C19H22Cl2N2/c1-14-4-2-5-15(12-14)19(23-10-3-8-22-9-11-23)16-6-7-17(20)18(21)13-16/h2,4-7,12-13,19,22H,3,8-11H2,1H3. The van der Waals surface area contributed by atoms with E-state index in [4.69, 9.17) is 23.2 Å². The first kappa shape index (κ1) is 16.8. The number of halogens is 2. The predicted octanol–water partition coefficient (Wildman–Crippen LogP) is 4.69. The summed E-state index contributed by atoms with van der Waals surface area (Å²) >= 11 is 12.4. The molecule has 0 radical (unpaired) electrons. The Labute approximate surface area is 148 Å². The van der Waals surface area contributed by atoms with Gasteiger partial charge in [0.1, 0.15) is 0 Å². The van der Waals surface area contributed by atoms with Crippen molar-refractivity contribution in [3.8, 4) is 0 Å². The summed E-state index contributed by atoms with van der Waals surface area (Å²) < 4.78 is 0. The minimum Gasteiger partial charge on any atom is -0.315 e. The van der Waals surface area contributed by atoms with Crippen molar-refractivity contribution in [2.45, 2.75) is 19.4 Å². The average Bonchev–Trinajstić information content (AvgIpc) is 2.80. The van der Waals surface area contributed by atoms with Gasteiger partial charge in [0.25, 0.3) is 0 Å². The molecule has 4 heteroatoms. The van der Waals surface area contributed by atoms with Crippen molar-refractivity contribution in [3.05, 3.63) is 69.2 Å². The van der Waals surface area contributed by atoms with Crippen LogP contribution in [0, 0.1) is 6.92 Å². The number of hydrogen-bond donors (Lipinski definition) is 1. The van der Waals surface area contributed by atoms with Crippen LogP contribution in [-0.4, -0.2) is 31.1 Å². The first-order chi connectivity index (χ1) is 11.1. The Bertz CT molecular complexity index is 664. The number of hydrogen-bond acceptors (Lipinski definition) is 2. The third kappa shape index (κ3) is 4.07. The normalized spacial score (nSPS) is 17.7. The van der Waals surface area contributed by atoms with Crippen LogP contribution in [0.15, 0.2) is 42.5 Å². The van der Waals surface area contributed by atoms with Crippen LogP contribution in [0.3, 0.4) is 0 Å². The first-order valence-corrected chi connectivity index (χ1v) is 8.87. The molecule has 1 heterocycles. The molecule has 2 aromatic rings. The third-order valence-corrected chi connectivity index (χ3v) is 5.10. The van der Waals surface area contributed by atoms with E-state index in [1.165, 1.54) is 16.7 Å². The summed E-state index contributed by atoms with van der Waals surface area (Å²) in [5.41, 5.74) is 3.79. The topological polar surface area (TPSA) is 15.3 Å². The third-order valence-electron chi connectivity index (χ3n) is 4.36. The molecule has 23 heavy (non-hydrogen) atoms. The van der Waals surface area contributed by atoms with Gasteiger partial charge in [-0.3, -0.25) is 4.90 Å². The van der Waals surface area contributed by atoms with Gasteiger partial charge >= 0.3 is 0 Å². The fourth-order valence-corrected chi connectivity index (χ4v) is 3.57. The second-order valence-electron chi connectivity index (χ2n) is 6.13. The molecule has 0 amide bonds. The highest BCUT2D eigenvalue weighted by Gasteiger charge is 2.23. The Morgan fingerprint density at radius 3 is 2.57 bits per heavy atom. The second kappa shape index (κ2) is 7.67. The lowest BCUT2D eigenvalue weighted by molar-refractivity contribution is 0.241. The quantitative estimate of drug-likeness (QED) is 0.865. The zero-order valence-corrected chi connectivity index (χ0v) is 14.9. The van der Waals surface area contributed by atoms with E-state index in [0.29, 0.717) is 10.0 Å². The zero-order valence-electron chi connectivity index (χ0n) is 13.4. The molecular weight excluding hydrogens is 327 g/mol. The van der Waals surface area contributed by atoms with Crippen molar-refractivity contribution in [1.82, 2.24) is 10.2 Å². The molecule has 3 rings (SSSR count). The van der Waals surface area contributed by atoms with Crippen molar-refractivity contribution in [2.75, 3.05) is 26.2 Å². The Kier molecular flexibility index (Phi) is 5.60. The van der Waals surface area contributed by atoms with E-state index in [1.807, 2.05) is 12.1 Å². The lowest BCUT2D eigenvalue weighted by Gasteiger charge is -2.31. The number of aryl methyl sites for hydroxylation is 1. The van der Waals surface area contributed by atoms with E-state index in [-0.39, 0.29) is 6.04 Å². The summed E-state index contributed by atoms with van der Waals surface area (Å²) in [7, 11) is 0. The zero-order chi connectivity index (χ0) is 16.2.